The Bertz CT molecular complexity index is 662. The highest BCUT2D eigenvalue weighted by Crippen LogP contribution is 2.28. The van der Waals surface area contributed by atoms with Crippen LogP contribution in [0.4, 0.5) is 0 Å². The summed E-state index contributed by atoms with van der Waals surface area (Å²) in [4.78, 5) is 29.0. The standard InChI is InChI=1S/C21H30N2O4/c1-26-18-7-5-16(15-19(18)27-2)6-8-20(24)22-13-9-17(10-14-22)21(25)23-11-3-4-12-23/h5,7,15,17H,3-4,6,8-14H2,1-2H3. The molecule has 3 rings (SSSR count). The average Bonchev–Trinajstić information content (AvgIpc) is 3.26. The first-order valence-corrected chi connectivity index (χ1v) is 9.90. The Labute approximate surface area is 161 Å². The lowest BCUT2D eigenvalue weighted by molar-refractivity contribution is -0.140. The summed E-state index contributed by atoms with van der Waals surface area (Å²) in [6, 6.07) is 5.76. The molecule has 2 aliphatic heterocycles. The number of ether oxygens (including phenoxy) is 2. The fraction of sp³-hybridized carbons (Fsp3) is 0.619. The number of hydrogen-bond acceptors (Lipinski definition) is 4. The Kier molecular flexibility index (Phi) is 6.58. The number of carbonyl (C=O) groups excluding carboxylic acids is 2. The van der Waals surface area contributed by atoms with Gasteiger partial charge in [-0.3, -0.25) is 9.59 Å². The second-order valence-electron chi connectivity index (χ2n) is 7.38. The van der Waals surface area contributed by atoms with Crippen LogP contribution in [0.3, 0.4) is 0 Å². The Morgan fingerprint density at radius 3 is 2.26 bits per heavy atom. The third kappa shape index (κ3) is 4.73. The van der Waals surface area contributed by atoms with Crippen molar-refractivity contribution in [1.29, 1.82) is 0 Å². The second-order valence-corrected chi connectivity index (χ2v) is 7.38. The number of likely N-dealkylation sites (tertiary alicyclic amines) is 2. The predicted molar refractivity (Wildman–Crippen MR) is 103 cm³/mol. The molecule has 2 fully saturated rings. The van der Waals surface area contributed by atoms with E-state index in [9.17, 15) is 9.59 Å². The van der Waals surface area contributed by atoms with Crippen molar-refractivity contribution in [3.05, 3.63) is 23.8 Å². The third-order valence-electron chi connectivity index (χ3n) is 5.69. The number of amides is 2. The summed E-state index contributed by atoms with van der Waals surface area (Å²) in [5.41, 5.74) is 1.06. The van der Waals surface area contributed by atoms with Gasteiger partial charge in [0.05, 0.1) is 14.2 Å². The van der Waals surface area contributed by atoms with Crippen molar-refractivity contribution in [2.45, 2.75) is 38.5 Å². The van der Waals surface area contributed by atoms with Gasteiger partial charge >= 0.3 is 0 Å². The monoisotopic (exact) mass is 374 g/mol. The maximum absolute atomic E-state index is 12.6. The molecule has 2 aliphatic rings. The van der Waals surface area contributed by atoms with Gasteiger partial charge in [-0.25, -0.2) is 0 Å². The van der Waals surface area contributed by atoms with E-state index in [0.29, 0.717) is 43.3 Å². The van der Waals surface area contributed by atoms with Gasteiger partial charge in [-0.2, -0.15) is 0 Å². The van der Waals surface area contributed by atoms with E-state index in [4.69, 9.17) is 9.47 Å². The van der Waals surface area contributed by atoms with Gasteiger partial charge in [-0.15, -0.1) is 0 Å². The van der Waals surface area contributed by atoms with Crippen LogP contribution in [0.15, 0.2) is 18.2 Å². The van der Waals surface area contributed by atoms with Gasteiger partial charge in [0.1, 0.15) is 0 Å². The van der Waals surface area contributed by atoms with E-state index in [1.165, 1.54) is 0 Å². The van der Waals surface area contributed by atoms with Crippen LogP contribution in [-0.4, -0.2) is 62.0 Å². The molecule has 0 radical (unpaired) electrons. The normalized spacial score (nSPS) is 17.9. The molecular weight excluding hydrogens is 344 g/mol. The zero-order chi connectivity index (χ0) is 19.2. The molecule has 0 spiro atoms. The van der Waals surface area contributed by atoms with Crippen LogP contribution in [0.25, 0.3) is 0 Å². The number of aryl methyl sites for hydroxylation is 1. The molecule has 148 valence electrons. The summed E-state index contributed by atoms with van der Waals surface area (Å²) in [5, 5.41) is 0. The number of carbonyl (C=O) groups is 2. The van der Waals surface area contributed by atoms with Crippen LogP contribution in [0, 0.1) is 5.92 Å². The van der Waals surface area contributed by atoms with E-state index in [1.807, 2.05) is 28.0 Å². The van der Waals surface area contributed by atoms with E-state index < -0.39 is 0 Å². The first kappa shape index (κ1) is 19.5. The molecule has 1 aromatic rings. The topological polar surface area (TPSA) is 59.1 Å². The number of methoxy groups -OCH3 is 2. The predicted octanol–water partition coefficient (Wildman–Crippen LogP) is 2.50. The molecule has 2 saturated heterocycles. The van der Waals surface area contributed by atoms with Crippen molar-refractivity contribution in [1.82, 2.24) is 9.80 Å². The van der Waals surface area contributed by atoms with Crippen LogP contribution in [0.5, 0.6) is 11.5 Å². The Balaban J connectivity index is 1.46. The molecule has 0 N–H and O–H groups in total. The van der Waals surface area contributed by atoms with E-state index >= 15 is 0 Å². The summed E-state index contributed by atoms with van der Waals surface area (Å²) in [6.45, 7) is 3.19. The molecule has 0 bridgehead atoms. The SMILES string of the molecule is COc1ccc(CCC(=O)N2CCC(C(=O)N3CCCC3)CC2)cc1OC. The highest BCUT2D eigenvalue weighted by atomic mass is 16.5. The summed E-state index contributed by atoms with van der Waals surface area (Å²) in [5.74, 6) is 1.93. The highest BCUT2D eigenvalue weighted by molar-refractivity contribution is 5.80. The van der Waals surface area contributed by atoms with Crippen molar-refractivity contribution in [2.24, 2.45) is 5.92 Å². The fourth-order valence-corrected chi connectivity index (χ4v) is 4.02. The number of piperidine rings is 1. The largest absolute Gasteiger partial charge is 0.493 e. The number of rotatable bonds is 6. The lowest BCUT2D eigenvalue weighted by Gasteiger charge is -2.33. The fourth-order valence-electron chi connectivity index (χ4n) is 4.02. The first-order chi connectivity index (χ1) is 13.1. The zero-order valence-electron chi connectivity index (χ0n) is 16.4. The minimum absolute atomic E-state index is 0.0954. The number of nitrogens with zero attached hydrogens (tertiary/aromatic N) is 2. The van der Waals surface area contributed by atoms with Crippen LogP contribution >= 0.6 is 0 Å². The van der Waals surface area contributed by atoms with Crippen LogP contribution in [-0.2, 0) is 16.0 Å². The zero-order valence-corrected chi connectivity index (χ0v) is 16.4. The van der Waals surface area contributed by atoms with Crippen molar-refractivity contribution in [3.63, 3.8) is 0 Å². The minimum atomic E-state index is 0.0954. The molecule has 1 aromatic carbocycles. The van der Waals surface area contributed by atoms with Gasteiger partial charge in [0.2, 0.25) is 11.8 Å². The summed E-state index contributed by atoms with van der Waals surface area (Å²) < 4.78 is 10.6. The van der Waals surface area contributed by atoms with Crippen molar-refractivity contribution in [2.75, 3.05) is 40.4 Å². The van der Waals surface area contributed by atoms with Gasteiger partial charge in [-0.1, -0.05) is 6.07 Å². The van der Waals surface area contributed by atoms with E-state index in [-0.39, 0.29) is 11.8 Å². The summed E-state index contributed by atoms with van der Waals surface area (Å²) in [7, 11) is 3.22. The first-order valence-electron chi connectivity index (χ1n) is 9.90. The quantitative estimate of drug-likeness (QED) is 0.768. The molecule has 2 amide bonds. The van der Waals surface area contributed by atoms with E-state index in [2.05, 4.69) is 0 Å². The molecule has 0 aromatic heterocycles. The summed E-state index contributed by atoms with van der Waals surface area (Å²) in [6.07, 6.45) is 4.97. The van der Waals surface area contributed by atoms with Gasteiger partial charge in [0, 0.05) is 38.5 Å². The maximum Gasteiger partial charge on any atom is 0.225 e. The van der Waals surface area contributed by atoms with Crippen LogP contribution < -0.4 is 9.47 Å². The molecule has 0 saturated carbocycles. The Morgan fingerprint density at radius 1 is 0.963 bits per heavy atom. The molecule has 0 atom stereocenters. The smallest absolute Gasteiger partial charge is 0.225 e. The van der Waals surface area contributed by atoms with Gasteiger partial charge in [0.25, 0.3) is 0 Å². The van der Waals surface area contributed by atoms with Gasteiger partial charge < -0.3 is 19.3 Å². The Hall–Kier alpha value is -2.24. The van der Waals surface area contributed by atoms with Crippen molar-refractivity contribution < 1.29 is 19.1 Å². The van der Waals surface area contributed by atoms with Gasteiger partial charge in [-0.05, 0) is 49.8 Å². The van der Waals surface area contributed by atoms with Crippen LogP contribution in [0.2, 0.25) is 0 Å². The minimum Gasteiger partial charge on any atom is -0.493 e. The lowest BCUT2D eigenvalue weighted by atomic mass is 9.95. The van der Waals surface area contributed by atoms with E-state index in [0.717, 1.165) is 44.3 Å². The van der Waals surface area contributed by atoms with Crippen molar-refractivity contribution >= 4 is 11.8 Å². The molecule has 0 aliphatic carbocycles. The Morgan fingerprint density at radius 2 is 1.63 bits per heavy atom. The molecular formula is C21H30N2O4. The van der Waals surface area contributed by atoms with Crippen molar-refractivity contribution in [3.8, 4) is 11.5 Å². The summed E-state index contributed by atoms with van der Waals surface area (Å²) >= 11 is 0. The van der Waals surface area contributed by atoms with E-state index in [1.54, 1.807) is 14.2 Å². The average molecular weight is 374 g/mol. The third-order valence-corrected chi connectivity index (χ3v) is 5.69. The van der Waals surface area contributed by atoms with Crippen LogP contribution in [0.1, 0.15) is 37.7 Å². The molecule has 2 heterocycles. The second kappa shape index (κ2) is 9.11. The molecule has 27 heavy (non-hydrogen) atoms. The highest BCUT2D eigenvalue weighted by Gasteiger charge is 2.31. The molecule has 0 unspecified atom stereocenters. The maximum atomic E-state index is 12.6. The molecule has 6 heteroatoms. The lowest BCUT2D eigenvalue weighted by Crippen LogP contribution is -2.43. The number of benzene rings is 1. The number of hydrogen-bond donors (Lipinski definition) is 0. The van der Waals surface area contributed by atoms with Gasteiger partial charge in [0.15, 0.2) is 11.5 Å². The molecule has 6 nitrogen and oxygen atoms in total.